The highest BCUT2D eigenvalue weighted by Crippen LogP contribution is 2.32. The van der Waals surface area contributed by atoms with E-state index in [0.717, 1.165) is 16.9 Å². The number of benzene rings is 1. The van der Waals surface area contributed by atoms with Gasteiger partial charge in [-0.3, -0.25) is 30.0 Å². The van der Waals surface area contributed by atoms with Gasteiger partial charge in [0.05, 0.1) is 75.6 Å². The van der Waals surface area contributed by atoms with Crippen molar-refractivity contribution in [3.8, 4) is 12.1 Å². The largest absolute Gasteiger partial charge is 0.481 e. The first-order valence-corrected chi connectivity index (χ1v) is 19.3. The van der Waals surface area contributed by atoms with Crippen LogP contribution in [0.2, 0.25) is 0 Å². The Morgan fingerprint density at radius 2 is 1.40 bits per heavy atom. The fourth-order valence-electron chi connectivity index (χ4n) is 5.23. The quantitative estimate of drug-likeness (QED) is 0.0339. The second-order valence-electron chi connectivity index (χ2n) is 12.6. The normalized spacial score (nSPS) is 12.1. The highest BCUT2D eigenvalue weighted by Gasteiger charge is 2.23. The lowest BCUT2D eigenvalue weighted by Crippen LogP contribution is -2.32. The minimum absolute atomic E-state index is 0.00599. The lowest BCUT2D eigenvalue weighted by Gasteiger charge is -2.26. The number of hydrogen-bond acceptors (Lipinski definition) is 15. The lowest BCUT2D eigenvalue weighted by atomic mass is 10.0. The van der Waals surface area contributed by atoms with Gasteiger partial charge in [0.2, 0.25) is 0 Å². The van der Waals surface area contributed by atoms with Crippen molar-refractivity contribution in [1.82, 2.24) is 0 Å². The van der Waals surface area contributed by atoms with E-state index in [1.54, 1.807) is 45.1 Å². The van der Waals surface area contributed by atoms with Crippen LogP contribution in [0, 0.1) is 48.3 Å². The standard InChI is InChI=1S/C40H53N5O11S/c1-5-7-9-30(39(49)50)25-37(48)55-21-19-54-18-17-52-15-13-45(14-16-53-20-22-56-40(51)31(10-8-6-2)24-36(46)47)32-11-12-34(28(3)23-32)43-44-38-33(26-41)29(4)35(27-42)57-38/h5-8,11-12,23,30-31,43-44H,9-10,13-22,24-25H2,1-4H3,(H,46,47)(H,49,50)/b7-5+,8-6+. The SMILES string of the molecule is C/C=C/CC(CC(=O)OCCOCCOCCN(CCOCCOC(=O)C(C/C=C/C)CC(=O)O)c1ccc(NNc2sc(C#N)c(C)c2C#N)c(C)c1)C(=O)O. The number of hydrogen-bond donors (Lipinski definition) is 4. The molecule has 2 rings (SSSR count). The van der Waals surface area contributed by atoms with Gasteiger partial charge in [-0.1, -0.05) is 24.3 Å². The van der Waals surface area contributed by atoms with Crippen LogP contribution < -0.4 is 15.8 Å². The summed E-state index contributed by atoms with van der Waals surface area (Å²) in [5.74, 6) is -4.94. The van der Waals surface area contributed by atoms with E-state index in [-0.39, 0.29) is 71.9 Å². The van der Waals surface area contributed by atoms with Gasteiger partial charge in [-0.2, -0.15) is 10.5 Å². The average molecular weight is 812 g/mol. The summed E-state index contributed by atoms with van der Waals surface area (Å²) in [6, 6.07) is 10.0. The molecule has 1 aromatic heterocycles. The Balaban J connectivity index is 1.92. The van der Waals surface area contributed by atoms with Gasteiger partial charge >= 0.3 is 23.9 Å². The van der Waals surface area contributed by atoms with Crippen molar-refractivity contribution in [2.45, 2.75) is 53.4 Å². The maximum absolute atomic E-state index is 12.4. The van der Waals surface area contributed by atoms with Crippen molar-refractivity contribution in [1.29, 1.82) is 10.5 Å². The number of hydrazine groups is 1. The van der Waals surface area contributed by atoms with Gasteiger partial charge in [0, 0.05) is 18.8 Å². The molecule has 0 aliphatic rings. The molecular formula is C40H53N5O11S. The molecule has 0 bridgehead atoms. The van der Waals surface area contributed by atoms with Crippen molar-refractivity contribution in [2.24, 2.45) is 11.8 Å². The zero-order valence-corrected chi connectivity index (χ0v) is 33.7. The van der Waals surface area contributed by atoms with Crippen molar-refractivity contribution >= 4 is 51.6 Å². The smallest absolute Gasteiger partial charge is 0.309 e. The van der Waals surface area contributed by atoms with Gasteiger partial charge in [0.1, 0.15) is 35.2 Å². The molecule has 4 N–H and O–H groups in total. The number of carbonyl (C=O) groups is 4. The molecule has 1 heterocycles. The number of aryl methyl sites for hydroxylation is 1. The van der Waals surface area contributed by atoms with Crippen molar-refractivity contribution < 1.29 is 53.1 Å². The number of allylic oxidation sites excluding steroid dienone is 4. The van der Waals surface area contributed by atoms with Gasteiger partial charge in [-0.05, 0) is 69.9 Å². The monoisotopic (exact) mass is 811 g/mol. The molecule has 0 aliphatic carbocycles. The second kappa shape index (κ2) is 27.2. The van der Waals surface area contributed by atoms with Crippen LogP contribution >= 0.6 is 11.3 Å². The van der Waals surface area contributed by atoms with Crippen molar-refractivity contribution in [3.05, 3.63) is 64.1 Å². The van der Waals surface area contributed by atoms with Gasteiger partial charge in [-0.15, -0.1) is 11.3 Å². The van der Waals surface area contributed by atoms with Crippen LogP contribution in [-0.4, -0.2) is 100 Å². The van der Waals surface area contributed by atoms with Gasteiger partial charge < -0.3 is 38.8 Å². The molecule has 0 amide bonds. The van der Waals surface area contributed by atoms with E-state index >= 15 is 0 Å². The summed E-state index contributed by atoms with van der Waals surface area (Å²) >= 11 is 1.20. The van der Waals surface area contributed by atoms with Crippen LogP contribution in [0.5, 0.6) is 0 Å². The van der Waals surface area contributed by atoms with E-state index < -0.39 is 35.7 Å². The minimum Gasteiger partial charge on any atom is -0.481 e. The number of thiophene rings is 1. The zero-order valence-electron chi connectivity index (χ0n) is 32.9. The van der Waals surface area contributed by atoms with Crippen LogP contribution in [0.15, 0.2) is 42.5 Å². The van der Waals surface area contributed by atoms with Crippen LogP contribution in [0.3, 0.4) is 0 Å². The van der Waals surface area contributed by atoms with E-state index in [9.17, 15) is 34.8 Å². The first-order chi connectivity index (χ1) is 27.4. The number of nitrogens with one attached hydrogen (secondary N) is 2. The molecule has 0 saturated carbocycles. The Morgan fingerprint density at radius 1 is 0.807 bits per heavy atom. The van der Waals surface area contributed by atoms with Crippen LogP contribution in [0.4, 0.5) is 16.4 Å². The van der Waals surface area contributed by atoms with Crippen molar-refractivity contribution in [3.63, 3.8) is 0 Å². The van der Waals surface area contributed by atoms with Gasteiger partial charge in [-0.25, -0.2) is 0 Å². The summed E-state index contributed by atoms with van der Waals surface area (Å²) in [6.07, 6.45) is 6.89. The minimum atomic E-state index is -1.08. The summed E-state index contributed by atoms with van der Waals surface area (Å²) in [5.41, 5.74) is 9.75. The number of nitriles is 2. The molecule has 0 spiro atoms. The topological polar surface area (TPSA) is 230 Å². The second-order valence-corrected chi connectivity index (χ2v) is 13.6. The molecule has 310 valence electrons. The molecule has 16 nitrogen and oxygen atoms in total. The molecule has 2 unspecified atom stereocenters. The Bertz CT molecular complexity index is 1750. The first kappa shape index (κ1) is 47.7. The number of anilines is 3. The number of carboxylic acid groups (broad SMARTS) is 2. The molecule has 1 aromatic carbocycles. The predicted octanol–water partition coefficient (Wildman–Crippen LogP) is 5.60. The molecule has 0 saturated heterocycles. The number of carbonyl (C=O) groups excluding carboxylic acids is 2. The van der Waals surface area contributed by atoms with E-state index in [2.05, 4.69) is 27.9 Å². The fraction of sp³-hybridized carbons (Fsp3) is 0.500. The third kappa shape index (κ3) is 17.9. The summed E-state index contributed by atoms with van der Waals surface area (Å²) in [7, 11) is 0. The molecule has 0 fully saturated rings. The number of esters is 2. The summed E-state index contributed by atoms with van der Waals surface area (Å²) < 4.78 is 27.5. The summed E-state index contributed by atoms with van der Waals surface area (Å²) in [4.78, 5) is 49.5. The van der Waals surface area contributed by atoms with E-state index in [4.69, 9.17) is 28.8 Å². The third-order valence-electron chi connectivity index (χ3n) is 8.42. The Hall–Kier alpha value is -5.46. The highest BCUT2D eigenvalue weighted by molar-refractivity contribution is 7.17. The van der Waals surface area contributed by atoms with Crippen LogP contribution in [0.25, 0.3) is 0 Å². The van der Waals surface area contributed by atoms with E-state index in [0.29, 0.717) is 40.7 Å². The van der Waals surface area contributed by atoms with E-state index in [1.165, 1.54) is 11.3 Å². The molecule has 57 heavy (non-hydrogen) atoms. The average Bonchev–Trinajstić information content (AvgIpc) is 3.50. The predicted molar refractivity (Wildman–Crippen MR) is 214 cm³/mol. The molecule has 2 atom stereocenters. The fourth-order valence-corrected chi connectivity index (χ4v) is 6.14. The van der Waals surface area contributed by atoms with Crippen LogP contribution in [0.1, 0.15) is 61.1 Å². The zero-order chi connectivity index (χ0) is 42.0. The maximum Gasteiger partial charge on any atom is 0.309 e. The highest BCUT2D eigenvalue weighted by atomic mass is 32.1. The molecule has 17 heteroatoms. The van der Waals surface area contributed by atoms with Crippen LogP contribution in [-0.2, 0) is 42.9 Å². The molecule has 0 aliphatic heterocycles. The summed E-state index contributed by atoms with van der Waals surface area (Å²) in [6.45, 7) is 9.55. The summed E-state index contributed by atoms with van der Waals surface area (Å²) in [5, 5.41) is 37.9. The Kier molecular flexibility index (Phi) is 22.8. The van der Waals surface area contributed by atoms with E-state index in [1.807, 2.05) is 25.1 Å². The van der Waals surface area contributed by atoms with Crippen molar-refractivity contribution in [2.75, 3.05) is 81.7 Å². The first-order valence-electron chi connectivity index (χ1n) is 18.5. The number of aliphatic carboxylic acids is 2. The third-order valence-corrected chi connectivity index (χ3v) is 9.53. The molecular weight excluding hydrogens is 759 g/mol. The number of nitrogens with zero attached hydrogens (tertiary/aromatic N) is 3. The Morgan fingerprint density at radius 3 is 1.96 bits per heavy atom. The number of rotatable bonds is 29. The lowest BCUT2D eigenvalue weighted by molar-refractivity contribution is -0.154. The maximum atomic E-state index is 12.4. The molecule has 0 radical (unpaired) electrons. The van der Waals surface area contributed by atoms with Gasteiger partial charge in [0.15, 0.2) is 0 Å². The van der Waals surface area contributed by atoms with Gasteiger partial charge in [0.25, 0.3) is 0 Å². The number of carboxylic acids is 2. The Labute approximate surface area is 337 Å². The number of ether oxygens (including phenoxy) is 5. The molecule has 2 aromatic rings.